The summed E-state index contributed by atoms with van der Waals surface area (Å²) in [7, 11) is 0. The van der Waals surface area contributed by atoms with Gasteiger partial charge in [0.15, 0.2) is 6.67 Å². The van der Waals surface area contributed by atoms with Crippen molar-refractivity contribution in [3.05, 3.63) is 29.8 Å². The van der Waals surface area contributed by atoms with Gasteiger partial charge in [0.2, 0.25) is 0 Å². The number of amides is 3. The van der Waals surface area contributed by atoms with Crippen LogP contribution >= 0.6 is 0 Å². The maximum atomic E-state index is 12.9. The molecule has 0 aromatic heterocycles. The molecule has 2 aliphatic heterocycles. The zero-order valence-electron chi connectivity index (χ0n) is 15.7. The summed E-state index contributed by atoms with van der Waals surface area (Å²) in [6.07, 6.45) is -2.45. The molecule has 3 amide bonds. The van der Waals surface area contributed by atoms with Crippen LogP contribution in [0.3, 0.4) is 0 Å². The SMILES string of the molecule is C[C@@]1(C2CC2)NC(=O)N(C[NH+]2CCN(c3cccc(C(F)(F)F)c3)CC2)C1=O. The second-order valence-electron chi connectivity index (χ2n) is 8.08. The second-order valence-corrected chi connectivity index (χ2v) is 8.08. The molecular formula is C19H24F3N4O2+. The fraction of sp³-hybridized carbons (Fsp3) is 0.579. The average molecular weight is 397 g/mol. The van der Waals surface area contributed by atoms with Gasteiger partial charge in [0.25, 0.3) is 5.91 Å². The number of nitrogens with one attached hydrogen (secondary N) is 2. The third kappa shape index (κ3) is 3.43. The third-order valence-corrected chi connectivity index (χ3v) is 6.09. The van der Waals surface area contributed by atoms with Gasteiger partial charge in [-0.05, 0) is 43.9 Å². The van der Waals surface area contributed by atoms with Crippen LogP contribution < -0.4 is 15.1 Å². The summed E-state index contributed by atoms with van der Waals surface area (Å²) in [5.41, 5.74) is -0.889. The number of halogens is 3. The Bertz CT molecular complexity index is 788. The van der Waals surface area contributed by atoms with Crippen molar-refractivity contribution in [1.29, 1.82) is 0 Å². The van der Waals surface area contributed by atoms with Crippen molar-refractivity contribution in [1.82, 2.24) is 10.2 Å². The summed E-state index contributed by atoms with van der Waals surface area (Å²) >= 11 is 0. The molecule has 3 fully saturated rings. The highest BCUT2D eigenvalue weighted by Crippen LogP contribution is 2.42. The van der Waals surface area contributed by atoms with Gasteiger partial charge < -0.3 is 15.1 Å². The van der Waals surface area contributed by atoms with Crippen molar-refractivity contribution in [2.75, 3.05) is 37.7 Å². The number of hydrogen-bond donors (Lipinski definition) is 2. The zero-order chi connectivity index (χ0) is 20.1. The normalized spacial score (nSPS) is 26.7. The quantitative estimate of drug-likeness (QED) is 0.748. The highest BCUT2D eigenvalue weighted by molar-refractivity contribution is 6.07. The second kappa shape index (κ2) is 6.65. The lowest BCUT2D eigenvalue weighted by atomic mass is 9.96. The number of carbonyl (C=O) groups is 2. The van der Waals surface area contributed by atoms with Gasteiger partial charge in [0.1, 0.15) is 5.54 Å². The first kappa shape index (κ1) is 19.0. The van der Waals surface area contributed by atoms with E-state index in [4.69, 9.17) is 0 Å². The van der Waals surface area contributed by atoms with Crippen molar-refractivity contribution in [3.63, 3.8) is 0 Å². The van der Waals surface area contributed by atoms with Gasteiger partial charge >= 0.3 is 12.2 Å². The van der Waals surface area contributed by atoms with Crippen LogP contribution in [0.4, 0.5) is 23.7 Å². The van der Waals surface area contributed by atoms with Crippen LogP contribution in [-0.2, 0) is 11.0 Å². The zero-order valence-corrected chi connectivity index (χ0v) is 15.7. The smallest absolute Gasteiger partial charge is 0.360 e. The van der Waals surface area contributed by atoms with Crippen molar-refractivity contribution < 1.29 is 27.7 Å². The minimum Gasteiger partial charge on any atom is -0.360 e. The number of alkyl halides is 3. The molecule has 152 valence electrons. The summed E-state index contributed by atoms with van der Waals surface area (Å²) in [5.74, 6) is 0.0644. The van der Waals surface area contributed by atoms with E-state index in [-0.39, 0.29) is 17.9 Å². The molecule has 0 unspecified atom stereocenters. The number of piperazine rings is 1. The standard InChI is InChI=1S/C19H23F3N4O2/c1-18(13-5-6-13)16(27)26(17(28)23-18)12-24-7-9-25(10-8-24)15-4-2-3-14(11-15)19(20,21)22/h2-4,11,13H,5-10,12H2,1H3,(H,23,28)/p+1/t18-/m0/s1. The van der Waals surface area contributed by atoms with Gasteiger partial charge in [0.05, 0.1) is 31.7 Å². The lowest BCUT2D eigenvalue weighted by molar-refractivity contribution is -0.907. The monoisotopic (exact) mass is 397 g/mol. The fourth-order valence-electron chi connectivity index (χ4n) is 4.14. The molecule has 0 radical (unpaired) electrons. The molecule has 0 bridgehead atoms. The molecule has 1 aliphatic carbocycles. The van der Waals surface area contributed by atoms with Crippen LogP contribution in [0.15, 0.2) is 24.3 Å². The molecule has 2 N–H and O–H groups in total. The average Bonchev–Trinajstić information content (AvgIpc) is 3.48. The highest BCUT2D eigenvalue weighted by atomic mass is 19.4. The van der Waals surface area contributed by atoms with Crippen LogP contribution in [0.25, 0.3) is 0 Å². The highest BCUT2D eigenvalue weighted by Gasteiger charge is 2.56. The lowest BCUT2D eigenvalue weighted by Crippen LogP contribution is -3.16. The molecule has 9 heteroatoms. The van der Waals surface area contributed by atoms with E-state index in [2.05, 4.69) is 5.32 Å². The molecule has 1 atom stereocenters. The van der Waals surface area contributed by atoms with Crippen molar-refractivity contribution >= 4 is 17.6 Å². The van der Waals surface area contributed by atoms with Crippen LogP contribution in [0.5, 0.6) is 0 Å². The van der Waals surface area contributed by atoms with E-state index in [1.54, 1.807) is 13.0 Å². The van der Waals surface area contributed by atoms with Crippen molar-refractivity contribution in [3.8, 4) is 0 Å². The number of rotatable bonds is 4. The predicted molar refractivity (Wildman–Crippen MR) is 95.7 cm³/mol. The summed E-state index contributed by atoms with van der Waals surface area (Å²) in [5, 5.41) is 2.84. The number of hydrogen-bond acceptors (Lipinski definition) is 3. The third-order valence-electron chi connectivity index (χ3n) is 6.09. The molecule has 1 aromatic carbocycles. The van der Waals surface area contributed by atoms with Crippen LogP contribution in [0.1, 0.15) is 25.3 Å². The van der Waals surface area contributed by atoms with Crippen molar-refractivity contribution in [2.45, 2.75) is 31.5 Å². The van der Waals surface area contributed by atoms with Gasteiger partial charge in [-0.25, -0.2) is 9.69 Å². The van der Waals surface area contributed by atoms with Gasteiger partial charge in [-0.3, -0.25) is 4.79 Å². The first-order valence-corrected chi connectivity index (χ1v) is 9.58. The van der Waals surface area contributed by atoms with Gasteiger partial charge in [-0.2, -0.15) is 13.2 Å². The molecule has 28 heavy (non-hydrogen) atoms. The van der Waals surface area contributed by atoms with E-state index in [1.807, 2.05) is 4.90 Å². The van der Waals surface area contributed by atoms with Gasteiger partial charge in [-0.15, -0.1) is 0 Å². The first-order valence-electron chi connectivity index (χ1n) is 9.58. The fourth-order valence-corrected chi connectivity index (χ4v) is 4.14. The Balaban J connectivity index is 1.36. The van der Waals surface area contributed by atoms with E-state index < -0.39 is 17.3 Å². The Morgan fingerprint density at radius 3 is 2.50 bits per heavy atom. The first-order chi connectivity index (χ1) is 13.2. The minimum absolute atomic E-state index is 0.159. The number of imide groups is 1. The molecule has 2 saturated heterocycles. The number of urea groups is 1. The maximum absolute atomic E-state index is 12.9. The minimum atomic E-state index is -4.36. The van der Waals surface area contributed by atoms with Crippen LogP contribution in [-0.4, -0.2) is 55.2 Å². The van der Waals surface area contributed by atoms with Gasteiger partial charge in [-0.1, -0.05) is 6.07 Å². The lowest BCUT2D eigenvalue weighted by Gasteiger charge is -2.35. The van der Waals surface area contributed by atoms with Crippen molar-refractivity contribution in [2.24, 2.45) is 5.92 Å². The Hall–Kier alpha value is -2.29. The Morgan fingerprint density at radius 1 is 1.21 bits per heavy atom. The maximum Gasteiger partial charge on any atom is 0.416 e. The number of carbonyl (C=O) groups excluding carboxylic acids is 2. The van der Waals surface area contributed by atoms with E-state index in [0.717, 1.165) is 23.8 Å². The van der Waals surface area contributed by atoms with E-state index in [1.165, 1.54) is 17.0 Å². The van der Waals surface area contributed by atoms with E-state index in [0.29, 0.717) is 38.5 Å². The summed E-state index contributed by atoms with van der Waals surface area (Å²) in [4.78, 5) is 29.3. The van der Waals surface area contributed by atoms with Crippen LogP contribution in [0, 0.1) is 5.92 Å². The molecule has 4 rings (SSSR count). The summed E-state index contributed by atoms with van der Waals surface area (Å²) in [6, 6.07) is 5.00. The molecule has 2 heterocycles. The number of benzene rings is 1. The topological polar surface area (TPSA) is 57.1 Å². The van der Waals surface area contributed by atoms with Gasteiger partial charge in [0, 0.05) is 5.69 Å². The Labute approximate surface area is 161 Å². The largest absolute Gasteiger partial charge is 0.416 e. The Kier molecular flexibility index (Phi) is 4.52. The molecule has 1 aromatic rings. The number of nitrogens with zero attached hydrogens (tertiary/aromatic N) is 2. The summed E-state index contributed by atoms with van der Waals surface area (Å²) < 4.78 is 38.8. The summed E-state index contributed by atoms with van der Waals surface area (Å²) in [6.45, 7) is 4.52. The molecule has 1 saturated carbocycles. The van der Waals surface area contributed by atoms with Crippen LogP contribution in [0.2, 0.25) is 0 Å². The van der Waals surface area contributed by atoms with E-state index in [9.17, 15) is 22.8 Å². The number of quaternary nitrogens is 1. The number of anilines is 1. The van der Waals surface area contributed by atoms with E-state index >= 15 is 0 Å². The predicted octanol–water partition coefficient (Wildman–Crippen LogP) is 1.09. The molecular weight excluding hydrogens is 373 g/mol. The molecule has 0 spiro atoms. The molecule has 6 nitrogen and oxygen atoms in total. The molecule has 3 aliphatic rings. The Morgan fingerprint density at radius 2 is 1.89 bits per heavy atom.